The van der Waals surface area contributed by atoms with Crippen molar-refractivity contribution < 1.29 is 14.1 Å². The summed E-state index contributed by atoms with van der Waals surface area (Å²) in [6.45, 7) is 5.00. The van der Waals surface area contributed by atoms with Crippen molar-refractivity contribution in [2.24, 2.45) is 5.73 Å². The first kappa shape index (κ1) is 17.0. The summed E-state index contributed by atoms with van der Waals surface area (Å²) in [6, 6.07) is 7.82. The molecule has 1 aromatic heterocycles. The number of likely N-dealkylation sites (tertiary alicyclic amines) is 1. The number of anilines is 1. The van der Waals surface area contributed by atoms with E-state index in [1.54, 1.807) is 11.8 Å². The van der Waals surface area contributed by atoms with E-state index >= 15 is 0 Å². The zero-order valence-corrected chi connectivity index (χ0v) is 14.8. The number of amides is 1. The Bertz CT molecular complexity index is 767. The smallest absolute Gasteiger partial charge is 0.414 e. The Kier molecular flexibility index (Phi) is 4.60. The highest BCUT2D eigenvalue weighted by atomic mass is 16.6. The van der Waals surface area contributed by atoms with Crippen LogP contribution in [0.15, 0.2) is 28.8 Å². The molecule has 1 unspecified atom stereocenters. The van der Waals surface area contributed by atoms with Crippen molar-refractivity contribution in [2.75, 3.05) is 31.1 Å². The highest BCUT2D eigenvalue weighted by Crippen LogP contribution is 2.25. The number of aromatic nitrogens is 2. The second-order valence-corrected chi connectivity index (χ2v) is 6.94. The van der Waals surface area contributed by atoms with Crippen LogP contribution in [-0.2, 0) is 4.74 Å². The fourth-order valence-electron chi connectivity index (χ4n) is 3.46. The van der Waals surface area contributed by atoms with Crippen molar-refractivity contribution in [1.29, 1.82) is 0 Å². The summed E-state index contributed by atoms with van der Waals surface area (Å²) in [6.07, 6.45) is 1.59. The van der Waals surface area contributed by atoms with Gasteiger partial charge in [0.2, 0.25) is 11.7 Å². The van der Waals surface area contributed by atoms with Gasteiger partial charge in [-0.15, -0.1) is 0 Å². The highest BCUT2D eigenvalue weighted by Gasteiger charge is 2.34. The molecule has 3 heterocycles. The molecule has 0 spiro atoms. The van der Waals surface area contributed by atoms with Gasteiger partial charge in [-0.25, -0.2) is 4.79 Å². The molecule has 0 aliphatic carbocycles. The molecular weight excluding hydrogens is 334 g/mol. The lowest BCUT2D eigenvalue weighted by Gasteiger charge is -2.31. The molecular formula is C18H23N5O3. The number of piperidine rings is 1. The molecule has 0 saturated carbocycles. The van der Waals surface area contributed by atoms with Gasteiger partial charge in [0.15, 0.2) is 0 Å². The predicted octanol–water partition coefficient (Wildman–Crippen LogP) is 1.79. The van der Waals surface area contributed by atoms with E-state index < -0.39 is 0 Å². The minimum Gasteiger partial charge on any atom is -0.443 e. The first-order chi connectivity index (χ1) is 12.6. The largest absolute Gasteiger partial charge is 0.443 e. The molecule has 8 nitrogen and oxygen atoms in total. The second-order valence-electron chi connectivity index (χ2n) is 6.94. The summed E-state index contributed by atoms with van der Waals surface area (Å²) in [5, 5.41) is 3.90. The number of benzene rings is 1. The molecule has 2 aliphatic heterocycles. The summed E-state index contributed by atoms with van der Waals surface area (Å²) in [4.78, 5) is 20.5. The third-order valence-electron chi connectivity index (χ3n) is 4.93. The van der Waals surface area contributed by atoms with Crippen molar-refractivity contribution in [3.8, 4) is 11.4 Å². The normalized spacial score (nSPS) is 22.0. The minimum absolute atomic E-state index is 0.114. The molecule has 1 atom stereocenters. The number of hydrogen-bond acceptors (Lipinski definition) is 7. The number of rotatable bonds is 4. The van der Waals surface area contributed by atoms with Gasteiger partial charge in [0, 0.05) is 30.8 Å². The molecule has 138 valence electrons. The summed E-state index contributed by atoms with van der Waals surface area (Å²) in [5.41, 5.74) is 7.60. The Morgan fingerprint density at radius 1 is 1.23 bits per heavy atom. The van der Waals surface area contributed by atoms with Crippen molar-refractivity contribution in [2.45, 2.75) is 31.9 Å². The lowest BCUT2D eigenvalue weighted by Crippen LogP contribution is -2.43. The van der Waals surface area contributed by atoms with Gasteiger partial charge in [0.1, 0.15) is 6.10 Å². The van der Waals surface area contributed by atoms with E-state index in [0.29, 0.717) is 24.3 Å². The Hall–Kier alpha value is -2.45. The number of cyclic esters (lactones) is 1. The van der Waals surface area contributed by atoms with E-state index in [2.05, 4.69) is 15.0 Å². The fourth-order valence-corrected chi connectivity index (χ4v) is 3.46. The number of ether oxygens (including phenoxy) is 1. The Morgan fingerprint density at radius 3 is 2.62 bits per heavy atom. The van der Waals surface area contributed by atoms with E-state index in [1.165, 1.54) is 0 Å². The molecule has 1 aromatic carbocycles. The van der Waals surface area contributed by atoms with Crippen molar-refractivity contribution in [3.63, 3.8) is 0 Å². The lowest BCUT2D eigenvalue weighted by molar-refractivity contribution is 0.0979. The minimum atomic E-state index is -0.299. The maximum Gasteiger partial charge on any atom is 0.414 e. The van der Waals surface area contributed by atoms with Crippen LogP contribution in [0.25, 0.3) is 11.4 Å². The van der Waals surface area contributed by atoms with E-state index in [0.717, 1.165) is 43.7 Å². The molecule has 2 aromatic rings. The molecule has 1 amide bonds. The standard InChI is InChI=1S/C18H23N5O3/c1-12-20-17(21-26-12)13-2-4-15(5-3-13)23-11-16(25-18(23)24)10-22-8-6-14(19)7-9-22/h2-5,14,16H,6-11,19H2,1H3. The van der Waals surface area contributed by atoms with Crippen LogP contribution < -0.4 is 10.6 Å². The molecule has 0 bridgehead atoms. The molecule has 4 rings (SSSR count). The van der Waals surface area contributed by atoms with Crippen LogP contribution in [0.1, 0.15) is 18.7 Å². The summed E-state index contributed by atoms with van der Waals surface area (Å²) in [5.74, 6) is 1.06. The fraction of sp³-hybridized carbons (Fsp3) is 0.500. The number of carbonyl (C=O) groups is 1. The number of nitrogens with two attached hydrogens (primary N) is 1. The van der Waals surface area contributed by atoms with Crippen molar-refractivity contribution in [3.05, 3.63) is 30.2 Å². The van der Waals surface area contributed by atoms with Gasteiger partial charge in [-0.1, -0.05) is 5.16 Å². The first-order valence-electron chi connectivity index (χ1n) is 8.95. The Balaban J connectivity index is 1.39. The van der Waals surface area contributed by atoms with Crippen LogP contribution in [0.2, 0.25) is 0 Å². The van der Waals surface area contributed by atoms with Crippen LogP contribution in [0.3, 0.4) is 0 Å². The average Bonchev–Trinajstić information content (AvgIpc) is 3.23. The maximum absolute atomic E-state index is 12.3. The third kappa shape index (κ3) is 3.56. The van der Waals surface area contributed by atoms with E-state index in [9.17, 15) is 4.79 Å². The van der Waals surface area contributed by atoms with Gasteiger partial charge in [-0.2, -0.15) is 4.98 Å². The number of hydrogen-bond donors (Lipinski definition) is 1. The van der Waals surface area contributed by atoms with Crippen LogP contribution in [0.4, 0.5) is 10.5 Å². The second kappa shape index (κ2) is 7.05. The lowest BCUT2D eigenvalue weighted by atomic mass is 10.1. The summed E-state index contributed by atoms with van der Waals surface area (Å²) >= 11 is 0. The van der Waals surface area contributed by atoms with Crippen LogP contribution in [0.5, 0.6) is 0 Å². The number of nitrogens with zero attached hydrogens (tertiary/aromatic N) is 4. The van der Waals surface area contributed by atoms with Gasteiger partial charge < -0.3 is 15.0 Å². The van der Waals surface area contributed by atoms with Gasteiger partial charge in [0.05, 0.1) is 6.54 Å². The first-order valence-corrected chi connectivity index (χ1v) is 8.95. The maximum atomic E-state index is 12.3. The van der Waals surface area contributed by atoms with Crippen LogP contribution in [-0.4, -0.2) is 59.5 Å². The average molecular weight is 357 g/mol. The summed E-state index contributed by atoms with van der Waals surface area (Å²) < 4.78 is 10.6. The van der Waals surface area contributed by atoms with Crippen molar-refractivity contribution >= 4 is 11.8 Å². The number of carbonyl (C=O) groups excluding carboxylic acids is 1. The molecule has 2 aliphatic rings. The Labute approximate surface area is 151 Å². The topological polar surface area (TPSA) is 97.7 Å². The van der Waals surface area contributed by atoms with Crippen LogP contribution >= 0.6 is 0 Å². The SMILES string of the molecule is Cc1nc(-c2ccc(N3CC(CN4CCC(N)CC4)OC3=O)cc2)no1. The molecule has 26 heavy (non-hydrogen) atoms. The van der Waals surface area contributed by atoms with E-state index in [-0.39, 0.29) is 12.2 Å². The number of aryl methyl sites for hydroxylation is 1. The summed E-state index contributed by atoms with van der Waals surface area (Å²) in [7, 11) is 0. The predicted molar refractivity (Wildman–Crippen MR) is 95.7 cm³/mol. The third-order valence-corrected chi connectivity index (χ3v) is 4.93. The monoisotopic (exact) mass is 357 g/mol. The van der Waals surface area contributed by atoms with Crippen LogP contribution in [0, 0.1) is 6.92 Å². The molecule has 0 radical (unpaired) electrons. The zero-order valence-electron chi connectivity index (χ0n) is 14.8. The van der Waals surface area contributed by atoms with Gasteiger partial charge in [-0.05, 0) is 50.2 Å². The van der Waals surface area contributed by atoms with Crippen molar-refractivity contribution in [1.82, 2.24) is 15.0 Å². The Morgan fingerprint density at radius 2 is 1.96 bits per heavy atom. The molecule has 2 N–H and O–H groups in total. The zero-order chi connectivity index (χ0) is 18.1. The molecule has 2 saturated heterocycles. The van der Waals surface area contributed by atoms with Gasteiger partial charge in [-0.3, -0.25) is 9.80 Å². The van der Waals surface area contributed by atoms with Gasteiger partial charge >= 0.3 is 6.09 Å². The molecule has 2 fully saturated rings. The highest BCUT2D eigenvalue weighted by molar-refractivity contribution is 5.90. The van der Waals surface area contributed by atoms with E-state index in [1.807, 2.05) is 24.3 Å². The molecule has 8 heteroatoms. The van der Waals surface area contributed by atoms with E-state index in [4.69, 9.17) is 15.0 Å². The van der Waals surface area contributed by atoms with Gasteiger partial charge in [0.25, 0.3) is 0 Å². The quantitative estimate of drug-likeness (QED) is 0.891.